The van der Waals surface area contributed by atoms with Crippen LogP contribution in [-0.2, 0) is 0 Å². The summed E-state index contributed by atoms with van der Waals surface area (Å²) in [5.74, 6) is 2.67. The van der Waals surface area contributed by atoms with E-state index in [0.29, 0.717) is 17.8 Å². The topological polar surface area (TPSA) is 23.5 Å². The highest BCUT2D eigenvalue weighted by molar-refractivity contribution is 4.87. The van der Waals surface area contributed by atoms with Gasteiger partial charge in [-0.25, -0.2) is 0 Å². The Kier molecular flexibility index (Phi) is 5.30. The minimum absolute atomic E-state index is 0.0832. The molecule has 19 heavy (non-hydrogen) atoms. The van der Waals surface area contributed by atoms with Crippen molar-refractivity contribution in [3.8, 4) is 0 Å². The molecule has 6 unspecified atom stereocenters. The van der Waals surface area contributed by atoms with Gasteiger partial charge >= 0.3 is 0 Å². The Labute approximate surface area is 119 Å². The van der Waals surface area contributed by atoms with Crippen molar-refractivity contribution in [1.82, 2.24) is 4.90 Å². The lowest BCUT2D eigenvalue weighted by Crippen LogP contribution is -2.47. The molecule has 0 amide bonds. The van der Waals surface area contributed by atoms with Crippen molar-refractivity contribution >= 4 is 0 Å². The van der Waals surface area contributed by atoms with E-state index in [1.807, 2.05) is 0 Å². The summed E-state index contributed by atoms with van der Waals surface area (Å²) < 4.78 is 0. The third-order valence-electron chi connectivity index (χ3n) is 5.77. The molecule has 2 fully saturated rings. The molecular formula is C17H33NO. The SMILES string of the molecule is CC1CC(C)C(CN(C)C2CCCCC2C)C(O)C1. The van der Waals surface area contributed by atoms with Crippen LogP contribution in [0.2, 0.25) is 0 Å². The van der Waals surface area contributed by atoms with Gasteiger partial charge in [-0.05, 0) is 50.5 Å². The Morgan fingerprint density at radius 1 is 1.00 bits per heavy atom. The van der Waals surface area contributed by atoms with Crippen LogP contribution < -0.4 is 0 Å². The van der Waals surface area contributed by atoms with Gasteiger partial charge < -0.3 is 10.0 Å². The number of rotatable bonds is 3. The molecule has 0 spiro atoms. The molecule has 0 aliphatic heterocycles. The fraction of sp³-hybridized carbons (Fsp3) is 1.00. The normalized spacial score (nSPS) is 44.5. The molecule has 2 nitrogen and oxygen atoms in total. The van der Waals surface area contributed by atoms with E-state index in [-0.39, 0.29) is 6.10 Å². The van der Waals surface area contributed by atoms with Gasteiger partial charge in [0.2, 0.25) is 0 Å². The van der Waals surface area contributed by atoms with Gasteiger partial charge in [-0.15, -0.1) is 0 Å². The summed E-state index contributed by atoms with van der Waals surface area (Å²) in [6, 6.07) is 0.743. The van der Waals surface area contributed by atoms with Crippen LogP contribution in [0.15, 0.2) is 0 Å². The van der Waals surface area contributed by atoms with Gasteiger partial charge in [0.05, 0.1) is 6.10 Å². The van der Waals surface area contributed by atoms with E-state index < -0.39 is 0 Å². The first kappa shape index (κ1) is 15.3. The fourth-order valence-electron chi connectivity index (χ4n) is 4.59. The average molecular weight is 267 g/mol. The van der Waals surface area contributed by atoms with E-state index in [4.69, 9.17) is 0 Å². The quantitative estimate of drug-likeness (QED) is 0.845. The Morgan fingerprint density at radius 2 is 1.68 bits per heavy atom. The van der Waals surface area contributed by atoms with Crippen LogP contribution in [-0.4, -0.2) is 35.7 Å². The van der Waals surface area contributed by atoms with E-state index >= 15 is 0 Å². The van der Waals surface area contributed by atoms with Gasteiger partial charge in [-0.3, -0.25) is 0 Å². The summed E-state index contributed by atoms with van der Waals surface area (Å²) in [6.07, 6.45) is 7.74. The molecule has 2 aliphatic carbocycles. The average Bonchev–Trinajstić information content (AvgIpc) is 2.34. The van der Waals surface area contributed by atoms with E-state index in [0.717, 1.165) is 24.9 Å². The van der Waals surface area contributed by atoms with Crippen LogP contribution in [0.4, 0.5) is 0 Å². The standard InChI is InChI=1S/C17H33NO/c1-12-9-14(3)15(17(19)10-12)11-18(4)16-8-6-5-7-13(16)2/h12-17,19H,5-11H2,1-4H3. The molecule has 2 aliphatic rings. The van der Waals surface area contributed by atoms with E-state index in [1.54, 1.807) is 0 Å². The van der Waals surface area contributed by atoms with Crippen molar-refractivity contribution in [3.63, 3.8) is 0 Å². The van der Waals surface area contributed by atoms with E-state index in [9.17, 15) is 5.11 Å². The number of nitrogens with zero attached hydrogens (tertiary/aromatic N) is 1. The van der Waals surface area contributed by atoms with E-state index in [1.165, 1.54) is 32.1 Å². The first-order valence-corrected chi connectivity index (χ1v) is 8.37. The smallest absolute Gasteiger partial charge is 0.0585 e. The molecule has 6 atom stereocenters. The highest BCUT2D eigenvalue weighted by Gasteiger charge is 2.35. The Bertz CT molecular complexity index is 268. The highest BCUT2D eigenvalue weighted by atomic mass is 16.3. The minimum Gasteiger partial charge on any atom is -0.393 e. The monoisotopic (exact) mass is 267 g/mol. The van der Waals surface area contributed by atoms with Crippen LogP contribution in [0.3, 0.4) is 0 Å². The zero-order valence-electron chi connectivity index (χ0n) is 13.3. The second-order valence-corrected chi connectivity index (χ2v) is 7.55. The summed E-state index contributed by atoms with van der Waals surface area (Å²) >= 11 is 0. The second-order valence-electron chi connectivity index (χ2n) is 7.55. The summed E-state index contributed by atoms with van der Waals surface area (Å²) in [4.78, 5) is 2.56. The summed E-state index contributed by atoms with van der Waals surface area (Å²) in [5, 5.41) is 10.4. The van der Waals surface area contributed by atoms with Crippen LogP contribution in [0.5, 0.6) is 0 Å². The van der Waals surface area contributed by atoms with Gasteiger partial charge in [-0.1, -0.05) is 33.6 Å². The maximum atomic E-state index is 10.4. The highest BCUT2D eigenvalue weighted by Crippen LogP contribution is 2.35. The van der Waals surface area contributed by atoms with Crippen molar-refractivity contribution in [2.75, 3.05) is 13.6 Å². The van der Waals surface area contributed by atoms with Crippen molar-refractivity contribution in [2.45, 2.75) is 71.4 Å². The molecule has 0 saturated heterocycles. The molecular weight excluding hydrogens is 234 g/mol. The van der Waals surface area contributed by atoms with Crippen LogP contribution in [0.1, 0.15) is 59.3 Å². The van der Waals surface area contributed by atoms with E-state index in [2.05, 4.69) is 32.7 Å². The third kappa shape index (κ3) is 3.72. The Hall–Kier alpha value is -0.0800. The predicted octanol–water partition coefficient (Wildman–Crippen LogP) is 3.54. The second kappa shape index (κ2) is 6.58. The zero-order chi connectivity index (χ0) is 14.0. The minimum atomic E-state index is -0.0832. The number of aliphatic hydroxyl groups excluding tert-OH is 1. The van der Waals surface area contributed by atoms with Crippen LogP contribution >= 0.6 is 0 Å². The van der Waals surface area contributed by atoms with Crippen LogP contribution in [0, 0.1) is 23.7 Å². The Balaban J connectivity index is 1.91. The van der Waals surface area contributed by atoms with Gasteiger partial charge in [-0.2, -0.15) is 0 Å². The van der Waals surface area contributed by atoms with Gasteiger partial charge in [0.25, 0.3) is 0 Å². The molecule has 1 N–H and O–H groups in total. The van der Waals surface area contributed by atoms with Crippen molar-refractivity contribution in [1.29, 1.82) is 0 Å². The molecule has 2 saturated carbocycles. The van der Waals surface area contributed by atoms with Crippen molar-refractivity contribution in [2.24, 2.45) is 23.7 Å². The molecule has 0 aromatic carbocycles. The first-order valence-electron chi connectivity index (χ1n) is 8.37. The lowest BCUT2D eigenvalue weighted by Gasteiger charge is -2.43. The molecule has 0 radical (unpaired) electrons. The number of aliphatic hydroxyl groups is 1. The fourth-order valence-corrected chi connectivity index (χ4v) is 4.59. The lowest BCUT2D eigenvalue weighted by atomic mass is 9.73. The predicted molar refractivity (Wildman–Crippen MR) is 81.1 cm³/mol. The van der Waals surface area contributed by atoms with Gasteiger partial charge in [0.15, 0.2) is 0 Å². The summed E-state index contributed by atoms with van der Waals surface area (Å²) in [7, 11) is 2.28. The largest absolute Gasteiger partial charge is 0.393 e. The molecule has 0 heterocycles. The molecule has 0 bridgehead atoms. The van der Waals surface area contributed by atoms with Crippen LogP contribution in [0.25, 0.3) is 0 Å². The van der Waals surface area contributed by atoms with Crippen molar-refractivity contribution < 1.29 is 5.11 Å². The summed E-state index contributed by atoms with van der Waals surface area (Å²) in [5.41, 5.74) is 0. The van der Waals surface area contributed by atoms with Gasteiger partial charge in [0.1, 0.15) is 0 Å². The maximum Gasteiger partial charge on any atom is 0.0585 e. The molecule has 2 rings (SSSR count). The number of hydrogen-bond donors (Lipinski definition) is 1. The number of hydrogen-bond acceptors (Lipinski definition) is 2. The maximum absolute atomic E-state index is 10.4. The summed E-state index contributed by atoms with van der Waals surface area (Å²) in [6.45, 7) is 8.11. The van der Waals surface area contributed by atoms with Gasteiger partial charge in [0, 0.05) is 18.5 Å². The molecule has 112 valence electrons. The molecule has 0 aromatic rings. The Morgan fingerprint density at radius 3 is 2.32 bits per heavy atom. The van der Waals surface area contributed by atoms with Crippen molar-refractivity contribution in [3.05, 3.63) is 0 Å². The zero-order valence-corrected chi connectivity index (χ0v) is 13.3. The third-order valence-corrected chi connectivity index (χ3v) is 5.77. The lowest BCUT2D eigenvalue weighted by molar-refractivity contribution is -0.0112. The first-order chi connectivity index (χ1) is 8.99. The molecule has 2 heteroatoms. The molecule has 0 aromatic heterocycles.